The van der Waals surface area contributed by atoms with E-state index in [9.17, 15) is 0 Å². The molecule has 0 atom stereocenters. The van der Waals surface area contributed by atoms with Crippen molar-refractivity contribution in [3.63, 3.8) is 0 Å². The van der Waals surface area contributed by atoms with E-state index in [1.807, 2.05) is 54.6 Å². The Morgan fingerprint density at radius 2 is 1.57 bits per heavy atom. The molecule has 0 saturated heterocycles. The molecule has 1 heterocycles. The first-order chi connectivity index (χ1) is 11.3. The Kier molecular flexibility index (Phi) is 3.20. The summed E-state index contributed by atoms with van der Waals surface area (Å²) in [5.74, 6) is 0.305. The molecular formula is C19H15N3O. The zero-order chi connectivity index (χ0) is 15.6. The van der Waals surface area contributed by atoms with Crippen LogP contribution in [0.5, 0.6) is 0 Å². The molecule has 0 saturated carbocycles. The fourth-order valence-corrected chi connectivity index (χ4v) is 2.64. The van der Waals surface area contributed by atoms with Crippen LogP contribution in [0.4, 0.5) is 17.6 Å². The number of nitrogens with one attached hydrogen (secondary N) is 1. The Morgan fingerprint density at radius 1 is 0.826 bits per heavy atom. The van der Waals surface area contributed by atoms with Gasteiger partial charge in [0.1, 0.15) is 5.69 Å². The molecule has 112 valence electrons. The van der Waals surface area contributed by atoms with Crippen LogP contribution in [0.2, 0.25) is 0 Å². The maximum absolute atomic E-state index is 5.97. The van der Waals surface area contributed by atoms with Crippen molar-refractivity contribution in [3.8, 4) is 11.3 Å². The summed E-state index contributed by atoms with van der Waals surface area (Å²) in [4.78, 5) is 4.48. The van der Waals surface area contributed by atoms with Gasteiger partial charge < -0.3 is 15.5 Å². The molecule has 23 heavy (non-hydrogen) atoms. The van der Waals surface area contributed by atoms with Crippen LogP contribution in [0.25, 0.3) is 22.0 Å². The molecule has 4 aromatic rings. The van der Waals surface area contributed by atoms with Crippen LogP contribution in [0.15, 0.2) is 77.2 Å². The van der Waals surface area contributed by atoms with Gasteiger partial charge >= 0.3 is 6.01 Å². The minimum absolute atomic E-state index is 0.305. The van der Waals surface area contributed by atoms with E-state index in [0.29, 0.717) is 17.6 Å². The second-order valence-corrected chi connectivity index (χ2v) is 5.25. The fraction of sp³-hybridized carbons (Fsp3) is 0. The first-order valence-electron chi connectivity index (χ1n) is 7.38. The molecule has 1 aromatic heterocycles. The summed E-state index contributed by atoms with van der Waals surface area (Å²) in [5.41, 5.74) is 8.48. The Balaban J connectivity index is 1.72. The van der Waals surface area contributed by atoms with Crippen molar-refractivity contribution in [2.45, 2.75) is 0 Å². The molecule has 0 radical (unpaired) electrons. The van der Waals surface area contributed by atoms with Gasteiger partial charge in [-0.3, -0.25) is 0 Å². The summed E-state index contributed by atoms with van der Waals surface area (Å²) in [6.45, 7) is 0. The Bertz CT molecular complexity index is 955. The summed E-state index contributed by atoms with van der Waals surface area (Å²) in [5, 5.41) is 5.48. The van der Waals surface area contributed by atoms with Crippen molar-refractivity contribution in [2.75, 3.05) is 11.1 Å². The summed E-state index contributed by atoms with van der Waals surface area (Å²) >= 11 is 0. The number of oxazole rings is 1. The maximum Gasteiger partial charge on any atom is 0.301 e. The smallest absolute Gasteiger partial charge is 0.301 e. The van der Waals surface area contributed by atoms with Gasteiger partial charge in [0.05, 0.1) is 5.69 Å². The summed E-state index contributed by atoms with van der Waals surface area (Å²) in [6.07, 6.45) is 0. The monoisotopic (exact) mass is 301 g/mol. The number of fused-ring (bicyclic) bond motifs is 1. The van der Waals surface area contributed by atoms with E-state index >= 15 is 0 Å². The van der Waals surface area contributed by atoms with Crippen LogP contribution in [0, 0.1) is 0 Å². The standard InChI is InChI=1S/C19H15N3O/c20-18-17(14-8-2-1-3-9-14)22-19(23-18)21-16-12-6-10-13-7-4-5-11-15(13)16/h1-12H,20H2,(H,21,22). The summed E-state index contributed by atoms with van der Waals surface area (Å²) in [6, 6.07) is 24.3. The average Bonchev–Trinajstić information content (AvgIpc) is 2.96. The molecular weight excluding hydrogens is 286 g/mol. The van der Waals surface area contributed by atoms with Crippen molar-refractivity contribution in [1.82, 2.24) is 4.98 Å². The van der Waals surface area contributed by atoms with Gasteiger partial charge in [-0.05, 0) is 11.5 Å². The van der Waals surface area contributed by atoms with E-state index in [1.54, 1.807) is 0 Å². The number of hydrogen-bond acceptors (Lipinski definition) is 4. The third-order valence-electron chi connectivity index (χ3n) is 3.73. The van der Waals surface area contributed by atoms with Crippen molar-refractivity contribution in [3.05, 3.63) is 72.8 Å². The highest BCUT2D eigenvalue weighted by Gasteiger charge is 2.13. The molecule has 0 fully saturated rings. The van der Waals surface area contributed by atoms with E-state index in [2.05, 4.69) is 28.5 Å². The zero-order valence-electron chi connectivity index (χ0n) is 12.4. The molecule has 4 heteroatoms. The molecule has 0 spiro atoms. The molecule has 0 aliphatic rings. The second kappa shape index (κ2) is 5.50. The van der Waals surface area contributed by atoms with Crippen molar-refractivity contribution in [1.29, 1.82) is 0 Å². The van der Waals surface area contributed by atoms with Gasteiger partial charge in [0.2, 0.25) is 5.88 Å². The van der Waals surface area contributed by atoms with Gasteiger partial charge in [-0.15, -0.1) is 0 Å². The van der Waals surface area contributed by atoms with Crippen LogP contribution in [-0.2, 0) is 0 Å². The van der Waals surface area contributed by atoms with Crippen LogP contribution >= 0.6 is 0 Å². The number of rotatable bonds is 3. The predicted octanol–water partition coefficient (Wildman–Crippen LogP) is 4.82. The largest absolute Gasteiger partial charge is 0.407 e. The summed E-state index contributed by atoms with van der Waals surface area (Å²) in [7, 11) is 0. The number of anilines is 3. The van der Waals surface area contributed by atoms with Crippen LogP contribution < -0.4 is 11.1 Å². The number of hydrogen-bond donors (Lipinski definition) is 2. The molecule has 4 rings (SSSR count). The SMILES string of the molecule is Nc1oc(Nc2cccc3ccccc23)nc1-c1ccccc1. The molecule has 0 aliphatic carbocycles. The highest BCUT2D eigenvalue weighted by atomic mass is 16.4. The molecule has 0 amide bonds. The van der Waals surface area contributed by atoms with Gasteiger partial charge in [0, 0.05) is 10.9 Å². The lowest BCUT2D eigenvalue weighted by Gasteiger charge is -2.06. The highest BCUT2D eigenvalue weighted by Crippen LogP contribution is 2.31. The Labute approximate surface area is 133 Å². The normalized spacial score (nSPS) is 10.8. The van der Waals surface area contributed by atoms with Gasteiger partial charge in [-0.2, -0.15) is 4.98 Å². The number of benzene rings is 3. The van der Waals surface area contributed by atoms with Crippen LogP contribution in [0.3, 0.4) is 0 Å². The van der Waals surface area contributed by atoms with Gasteiger partial charge in [0.25, 0.3) is 0 Å². The van der Waals surface area contributed by atoms with Gasteiger partial charge in [0.15, 0.2) is 0 Å². The average molecular weight is 301 g/mol. The number of nitrogens with two attached hydrogens (primary N) is 1. The minimum atomic E-state index is 0.305. The Morgan fingerprint density at radius 3 is 2.43 bits per heavy atom. The maximum atomic E-state index is 5.97. The lowest BCUT2D eigenvalue weighted by Crippen LogP contribution is -1.91. The van der Waals surface area contributed by atoms with Crippen LogP contribution in [0.1, 0.15) is 0 Å². The first-order valence-corrected chi connectivity index (χ1v) is 7.38. The van der Waals surface area contributed by atoms with E-state index in [1.165, 1.54) is 0 Å². The topological polar surface area (TPSA) is 64.1 Å². The number of nitrogen functional groups attached to an aromatic ring is 1. The van der Waals surface area contributed by atoms with Crippen LogP contribution in [-0.4, -0.2) is 4.98 Å². The lowest BCUT2D eigenvalue weighted by molar-refractivity contribution is 0.597. The van der Waals surface area contributed by atoms with Crippen molar-refractivity contribution in [2.24, 2.45) is 0 Å². The second-order valence-electron chi connectivity index (χ2n) is 5.25. The molecule has 0 bridgehead atoms. The molecule has 4 nitrogen and oxygen atoms in total. The van der Waals surface area contributed by atoms with E-state index in [-0.39, 0.29) is 0 Å². The number of aromatic nitrogens is 1. The lowest BCUT2D eigenvalue weighted by atomic mass is 10.1. The third kappa shape index (κ3) is 2.51. The van der Waals surface area contributed by atoms with Gasteiger partial charge in [-0.1, -0.05) is 66.7 Å². The van der Waals surface area contributed by atoms with E-state index in [4.69, 9.17) is 10.2 Å². The molecule has 0 aliphatic heterocycles. The number of nitrogens with zero attached hydrogens (tertiary/aromatic N) is 1. The molecule has 0 unspecified atom stereocenters. The van der Waals surface area contributed by atoms with Crippen molar-refractivity contribution < 1.29 is 4.42 Å². The highest BCUT2D eigenvalue weighted by molar-refractivity contribution is 5.95. The Hall–Kier alpha value is -3.27. The molecule has 3 aromatic carbocycles. The molecule has 3 N–H and O–H groups in total. The third-order valence-corrected chi connectivity index (χ3v) is 3.73. The fourth-order valence-electron chi connectivity index (χ4n) is 2.64. The minimum Gasteiger partial charge on any atom is -0.407 e. The quantitative estimate of drug-likeness (QED) is 0.569. The summed E-state index contributed by atoms with van der Waals surface area (Å²) < 4.78 is 5.58. The zero-order valence-corrected chi connectivity index (χ0v) is 12.4. The van der Waals surface area contributed by atoms with Crippen molar-refractivity contribution >= 4 is 28.4 Å². The first kappa shape index (κ1) is 13.4. The van der Waals surface area contributed by atoms with Gasteiger partial charge in [-0.25, -0.2) is 0 Å². The van der Waals surface area contributed by atoms with E-state index in [0.717, 1.165) is 22.0 Å². The predicted molar refractivity (Wildman–Crippen MR) is 93.6 cm³/mol. The van der Waals surface area contributed by atoms with E-state index < -0.39 is 0 Å².